The summed E-state index contributed by atoms with van der Waals surface area (Å²) in [5.41, 5.74) is 0.226. The highest BCUT2D eigenvalue weighted by atomic mass is 35.5. The lowest BCUT2D eigenvalue weighted by molar-refractivity contribution is 0.0395. The summed E-state index contributed by atoms with van der Waals surface area (Å²) in [6, 6.07) is 5.46. The van der Waals surface area contributed by atoms with Gasteiger partial charge < -0.3 is 14.8 Å². The van der Waals surface area contributed by atoms with Gasteiger partial charge in [-0.05, 0) is 25.5 Å². The molecule has 2 rings (SSSR count). The van der Waals surface area contributed by atoms with Crippen molar-refractivity contribution in [1.29, 1.82) is 5.26 Å². The van der Waals surface area contributed by atoms with Crippen molar-refractivity contribution >= 4 is 17.4 Å². The van der Waals surface area contributed by atoms with Crippen LogP contribution in [0.5, 0.6) is 0 Å². The summed E-state index contributed by atoms with van der Waals surface area (Å²) in [6.45, 7) is 4.01. The molecule has 2 unspecified atom stereocenters. The third kappa shape index (κ3) is 4.06. The fourth-order valence-electron chi connectivity index (χ4n) is 1.82. The van der Waals surface area contributed by atoms with Crippen molar-refractivity contribution < 1.29 is 9.47 Å². The molecule has 0 saturated carbocycles. The summed E-state index contributed by atoms with van der Waals surface area (Å²) >= 11 is 5.83. The molecule has 6 heteroatoms. The van der Waals surface area contributed by atoms with Gasteiger partial charge >= 0.3 is 0 Å². The van der Waals surface area contributed by atoms with Gasteiger partial charge in [-0.2, -0.15) is 5.26 Å². The first-order valence-electron chi connectivity index (χ1n) is 6.21. The molecule has 1 aromatic heterocycles. The van der Waals surface area contributed by atoms with Crippen molar-refractivity contribution in [3.05, 3.63) is 22.8 Å². The molecule has 1 saturated heterocycles. The van der Waals surface area contributed by atoms with Crippen LogP contribution in [0.15, 0.2) is 12.1 Å². The van der Waals surface area contributed by atoms with Crippen LogP contribution in [-0.2, 0) is 9.47 Å². The van der Waals surface area contributed by atoms with Crippen LogP contribution in [0.25, 0.3) is 0 Å². The Balaban J connectivity index is 1.84. The second-order valence-corrected chi connectivity index (χ2v) is 4.91. The fourth-order valence-corrected chi connectivity index (χ4v) is 1.97. The zero-order chi connectivity index (χ0) is 13.7. The van der Waals surface area contributed by atoms with Crippen molar-refractivity contribution in [1.82, 2.24) is 4.98 Å². The van der Waals surface area contributed by atoms with Gasteiger partial charge in [-0.1, -0.05) is 11.6 Å². The maximum absolute atomic E-state index is 8.86. The van der Waals surface area contributed by atoms with Crippen LogP contribution < -0.4 is 5.32 Å². The first-order valence-corrected chi connectivity index (χ1v) is 6.59. The highest BCUT2D eigenvalue weighted by molar-refractivity contribution is 6.31. The van der Waals surface area contributed by atoms with Crippen LogP contribution in [0, 0.1) is 11.3 Å². The Morgan fingerprint density at radius 3 is 3.21 bits per heavy atom. The molecule has 2 heterocycles. The Morgan fingerprint density at radius 1 is 1.68 bits per heavy atom. The average Bonchev–Trinajstić information content (AvgIpc) is 2.92. The van der Waals surface area contributed by atoms with Crippen molar-refractivity contribution in [2.45, 2.75) is 25.5 Å². The Labute approximate surface area is 117 Å². The standard InChI is InChI=1S/C13H16ClN3O2/c1-9(7-19-10-4-5-18-8-10)16-13-3-2-11(14)12(6-15)17-13/h2-3,9-10H,4-5,7-8H2,1H3,(H,16,17). The smallest absolute Gasteiger partial charge is 0.161 e. The maximum Gasteiger partial charge on any atom is 0.161 e. The van der Waals surface area contributed by atoms with Crippen LogP contribution in [0.1, 0.15) is 19.0 Å². The lowest BCUT2D eigenvalue weighted by Crippen LogP contribution is -2.26. The van der Waals surface area contributed by atoms with E-state index in [2.05, 4.69) is 10.3 Å². The molecule has 0 bridgehead atoms. The molecule has 102 valence electrons. The SMILES string of the molecule is CC(COC1CCOC1)Nc1ccc(Cl)c(C#N)n1. The fraction of sp³-hybridized carbons (Fsp3) is 0.538. The van der Waals surface area contributed by atoms with Crippen molar-refractivity contribution in [2.24, 2.45) is 0 Å². The summed E-state index contributed by atoms with van der Waals surface area (Å²) in [4.78, 5) is 4.13. The molecule has 0 aliphatic carbocycles. The van der Waals surface area contributed by atoms with Gasteiger partial charge in [-0.15, -0.1) is 0 Å². The Kier molecular flexibility index (Phi) is 4.97. The van der Waals surface area contributed by atoms with Crippen LogP contribution in [0.4, 0.5) is 5.82 Å². The quantitative estimate of drug-likeness (QED) is 0.896. The first-order chi connectivity index (χ1) is 9.19. The Hall–Kier alpha value is -1.35. The molecule has 1 fully saturated rings. The number of nitriles is 1. The molecular formula is C13H16ClN3O2. The normalized spacial score (nSPS) is 19.9. The summed E-state index contributed by atoms with van der Waals surface area (Å²) in [6.07, 6.45) is 1.14. The molecule has 1 aromatic rings. The number of hydrogen-bond acceptors (Lipinski definition) is 5. The van der Waals surface area contributed by atoms with Gasteiger partial charge in [0.05, 0.1) is 24.3 Å². The molecule has 0 aromatic carbocycles. The van der Waals surface area contributed by atoms with Crippen LogP contribution >= 0.6 is 11.6 Å². The van der Waals surface area contributed by atoms with Crippen molar-refractivity contribution in [2.75, 3.05) is 25.1 Å². The molecule has 19 heavy (non-hydrogen) atoms. The van der Waals surface area contributed by atoms with E-state index in [0.29, 0.717) is 24.1 Å². The lowest BCUT2D eigenvalue weighted by Gasteiger charge is -2.17. The van der Waals surface area contributed by atoms with E-state index in [4.69, 9.17) is 26.3 Å². The zero-order valence-electron chi connectivity index (χ0n) is 10.7. The van der Waals surface area contributed by atoms with Crippen LogP contribution in [-0.4, -0.2) is 37.0 Å². The van der Waals surface area contributed by atoms with E-state index in [1.807, 2.05) is 13.0 Å². The molecule has 0 spiro atoms. The second-order valence-electron chi connectivity index (χ2n) is 4.50. The summed E-state index contributed by atoms with van der Waals surface area (Å²) in [5, 5.41) is 12.4. The molecule has 1 aliphatic rings. The summed E-state index contributed by atoms with van der Waals surface area (Å²) < 4.78 is 11.0. The van der Waals surface area contributed by atoms with Gasteiger partial charge in [-0.3, -0.25) is 0 Å². The molecule has 5 nitrogen and oxygen atoms in total. The topological polar surface area (TPSA) is 67.2 Å². The average molecular weight is 282 g/mol. The monoisotopic (exact) mass is 281 g/mol. The highest BCUT2D eigenvalue weighted by Gasteiger charge is 2.17. The van der Waals surface area contributed by atoms with Crippen molar-refractivity contribution in [3.63, 3.8) is 0 Å². The first kappa shape index (κ1) is 14.1. The van der Waals surface area contributed by atoms with Gasteiger partial charge in [0.25, 0.3) is 0 Å². The molecule has 1 N–H and O–H groups in total. The number of halogens is 1. The molecular weight excluding hydrogens is 266 g/mol. The third-order valence-corrected chi connectivity index (χ3v) is 3.12. The van der Waals surface area contributed by atoms with E-state index in [1.165, 1.54) is 0 Å². The number of ether oxygens (including phenoxy) is 2. The van der Waals surface area contributed by atoms with E-state index in [1.54, 1.807) is 12.1 Å². The minimum absolute atomic E-state index is 0.0980. The van der Waals surface area contributed by atoms with E-state index >= 15 is 0 Å². The largest absolute Gasteiger partial charge is 0.379 e. The van der Waals surface area contributed by atoms with E-state index in [0.717, 1.165) is 13.0 Å². The summed E-state index contributed by atoms with van der Waals surface area (Å²) in [7, 11) is 0. The summed E-state index contributed by atoms with van der Waals surface area (Å²) in [5.74, 6) is 0.625. The van der Waals surface area contributed by atoms with E-state index < -0.39 is 0 Å². The Bertz CT molecular complexity index is 469. The number of hydrogen-bond donors (Lipinski definition) is 1. The number of pyridine rings is 1. The predicted molar refractivity (Wildman–Crippen MR) is 72.2 cm³/mol. The van der Waals surface area contributed by atoms with Gasteiger partial charge in [0.2, 0.25) is 0 Å². The highest BCUT2D eigenvalue weighted by Crippen LogP contribution is 2.16. The Morgan fingerprint density at radius 2 is 2.53 bits per heavy atom. The van der Waals surface area contributed by atoms with Crippen molar-refractivity contribution in [3.8, 4) is 6.07 Å². The maximum atomic E-state index is 8.86. The van der Waals surface area contributed by atoms with Gasteiger partial charge in [-0.25, -0.2) is 4.98 Å². The third-order valence-electron chi connectivity index (χ3n) is 2.82. The number of nitrogens with one attached hydrogen (secondary N) is 1. The van der Waals surface area contributed by atoms with Gasteiger partial charge in [0.1, 0.15) is 11.9 Å². The molecule has 1 aliphatic heterocycles. The van der Waals surface area contributed by atoms with Gasteiger partial charge in [0, 0.05) is 12.6 Å². The van der Waals surface area contributed by atoms with Crippen LogP contribution in [0.2, 0.25) is 5.02 Å². The van der Waals surface area contributed by atoms with E-state index in [-0.39, 0.29) is 17.8 Å². The minimum atomic E-state index is 0.0980. The molecule has 2 atom stereocenters. The second kappa shape index (κ2) is 6.71. The number of rotatable bonds is 5. The zero-order valence-corrected chi connectivity index (χ0v) is 11.5. The van der Waals surface area contributed by atoms with E-state index in [9.17, 15) is 0 Å². The molecule has 0 amide bonds. The number of nitrogens with zero attached hydrogens (tertiary/aromatic N) is 2. The predicted octanol–water partition coefficient (Wildman–Crippen LogP) is 2.21. The van der Waals surface area contributed by atoms with Crippen LogP contribution in [0.3, 0.4) is 0 Å². The van der Waals surface area contributed by atoms with Gasteiger partial charge in [0.15, 0.2) is 5.69 Å². The molecule has 0 radical (unpaired) electrons. The minimum Gasteiger partial charge on any atom is -0.379 e. The number of aromatic nitrogens is 1. The lowest BCUT2D eigenvalue weighted by atomic mass is 10.3. The number of anilines is 1.